The van der Waals surface area contributed by atoms with Gasteiger partial charge >= 0.3 is 0 Å². The van der Waals surface area contributed by atoms with Gasteiger partial charge in [-0.05, 0) is 48.4 Å². The van der Waals surface area contributed by atoms with Crippen LogP contribution >= 0.6 is 34.8 Å². The molecule has 3 rings (SSSR count). The molecule has 0 unspecified atom stereocenters. The summed E-state index contributed by atoms with van der Waals surface area (Å²) in [6, 6.07) is 14.7. The van der Waals surface area contributed by atoms with Crippen LogP contribution in [0.1, 0.15) is 21.6 Å². The van der Waals surface area contributed by atoms with Crippen LogP contribution in [0.25, 0.3) is 11.3 Å². The molecule has 0 atom stereocenters. The molecule has 1 aromatic heterocycles. The highest BCUT2D eigenvalue weighted by molar-refractivity contribution is 6.42. The highest BCUT2D eigenvalue weighted by Crippen LogP contribution is 2.29. The number of carbonyl (C=O) groups excluding carboxylic acids is 1. The topological polar surface area (TPSA) is 48.0 Å². The summed E-state index contributed by atoms with van der Waals surface area (Å²) in [7, 11) is 0. The fraction of sp³-hybridized carbons (Fsp3) is 0.105. The number of halogens is 3. The first-order valence-electron chi connectivity index (χ1n) is 7.56. The van der Waals surface area contributed by atoms with Crippen molar-refractivity contribution in [3.05, 3.63) is 80.4 Å². The van der Waals surface area contributed by atoms with E-state index >= 15 is 0 Å². The molecule has 3 aromatic rings. The molecule has 0 radical (unpaired) electrons. The van der Waals surface area contributed by atoms with Gasteiger partial charge in [0.15, 0.2) is 0 Å². The number of benzene rings is 2. The minimum atomic E-state index is -0.458. The van der Waals surface area contributed by atoms with E-state index in [9.17, 15) is 4.79 Å². The third-order valence-electron chi connectivity index (χ3n) is 4.10. The Hall–Kier alpha value is -1.94. The third kappa shape index (κ3) is 3.69. The zero-order valence-corrected chi connectivity index (χ0v) is 15.7. The van der Waals surface area contributed by atoms with E-state index in [-0.39, 0.29) is 0 Å². The molecular weight excluding hydrogens is 379 g/mol. The summed E-state index contributed by atoms with van der Waals surface area (Å²) in [5, 5.41) is 1.65. The van der Waals surface area contributed by atoms with E-state index in [1.54, 1.807) is 12.1 Å². The van der Waals surface area contributed by atoms with Gasteiger partial charge in [-0.2, -0.15) is 0 Å². The maximum absolute atomic E-state index is 11.8. The number of aromatic nitrogens is 1. The van der Waals surface area contributed by atoms with Crippen molar-refractivity contribution in [2.75, 3.05) is 0 Å². The second-order valence-corrected chi connectivity index (χ2v) is 6.99. The zero-order chi connectivity index (χ0) is 18.1. The number of hydrogen-bond donors (Lipinski definition) is 1. The van der Waals surface area contributed by atoms with Crippen LogP contribution in [0.15, 0.2) is 48.5 Å². The molecule has 25 heavy (non-hydrogen) atoms. The number of primary amides is 1. The van der Waals surface area contributed by atoms with Crippen LogP contribution in [0.4, 0.5) is 0 Å². The van der Waals surface area contributed by atoms with Gasteiger partial charge in [0.1, 0.15) is 0 Å². The maximum atomic E-state index is 11.8. The molecule has 1 amide bonds. The number of hydrogen-bond acceptors (Lipinski definition) is 1. The monoisotopic (exact) mass is 392 g/mol. The smallest absolute Gasteiger partial charge is 0.250 e. The van der Waals surface area contributed by atoms with Crippen LogP contribution in [-0.4, -0.2) is 10.5 Å². The van der Waals surface area contributed by atoms with Gasteiger partial charge < -0.3 is 10.3 Å². The Morgan fingerprint density at radius 2 is 1.68 bits per heavy atom. The molecule has 1 heterocycles. The Morgan fingerprint density at radius 1 is 1.00 bits per heavy atom. The predicted molar refractivity (Wildman–Crippen MR) is 104 cm³/mol. The predicted octanol–water partition coefficient (Wildman–Crippen LogP) is 5.57. The molecule has 0 spiro atoms. The Labute approximate surface area is 160 Å². The van der Waals surface area contributed by atoms with E-state index in [4.69, 9.17) is 40.5 Å². The molecule has 0 bridgehead atoms. The normalized spacial score (nSPS) is 10.9. The highest BCUT2D eigenvalue weighted by Gasteiger charge is 2.17. The SMILES string of the molecule is Cc1c(C(N)=O)cc(-c2ccc(Cl)cc2)n1Cc1ccc(Cl)c(Cl)c1. The Balaban J connectivity index is 2.11. The van der Waals surface area contributed by atoms with Gasteiger partial charge in [-0.25, -0.2) is 0 Å². The van der Waals surface area contributed by atoms with Crippen LogP contribution in [-0.2, 0) is 6.54 Å². The summed E-state index contributed by atoms with van der Waals surface area (Å²) in [4.78, 5) is 11.8. The number of nitrogens with two attached hydrogens (primary N) is 1. The van der Waals surface area contributed by atoms with E-state index in [0.29, 0.717) is 27.2 Å². The van der Waals surface area contributed by atoms with Gasteiger partial charge in [-0.1, -0.05) is 53.0 Å². The minimum Gasteiger partial charge on any atom is -0.366 e. The Kier molecular flexibility index (Phi) is 5.09. The molecule has 0 aliphatic carbocycles. The van der Waals surface area contributed by atoms with Gasteiger partial charge in [-0.15, -0.1) is 0 Å². The van der Waals surface area contributed by atoms with Crippen molar-refractivity contribution in [3.63, 3.8) is 0 Å². The second-order valence-electron chi connectivity index (χ2n) is 5.73. The second kappa shape index (κ2) is 7.12. The standard InChI is InChI=1S/C19H15Cl3N2O/c1-11-15(19(23)25)9-18(13-3-5-14(20)6-4-13)24(11)10-12-2-7-16(21)17(22)8-12/h2-9H,10H2,1H3,(H2,23,25). The molecule has 0 saturated heterocycles. The fourth-order valence-corrected chi connectivity index (χ4v) is 3.23. The van der Waals surface area contributed by atoms with Gasteiger partial charge in [0, 0.05) is 23.0 Å². The lowest BCUT2D eigenvalue weighted by molar-refractivity contribution is 0.0999. The molecule has 0 fully saturated rings. The van der Waals surface area contributed by atoms with Crippen molar-refractivity contribution in [2.45, 2.75) is 13.5 Å². The summed E-state index contributed by atoms with van der Waals surface area (Å²) in [6.07, 6.45) is 0. The van der Waals surface area contributed by atoms with E-state index in [2.05, 4.69) is 0 Å². The lowest BCUT2D eigenvalue weighted by Crippen LogP contribution is -2.12. The molecule has 0 aliphatic heterocycles. The molecule has 6 heteroatoms. The molecule has 2 aromatic carbocycles. The highest BCUT2D eigenvalue weighted by atomic mass is 35.5. The van der Waals surface area contributed by atoms with Gasteiger partial charge in [0.25, 0.3) is 5.91 Å². The molecule has 3 nitrogen and oxygen atoms in total. The van der Waals surface area contributed by atoms with Crippen molar-refractivity contribution in [1.82, 2.24) is 4.57 Å². The summed E-state index contributed by atoms with van der Waals surface area (Å²) >= 11 is 18.1. The molecule has 0 saturated carbocycles. The van der Waals surface area contributed by atoms with Crippen LogP contribution in [0, 0.1) is 6.92 Å². The summed E-state index contributed by atoms with van der Waals surface area (Å²) in [5.74, 6) is -0.458. The summed E-state index contributed by atoms with van der Waals surface area (Å²) in [6.45, 7) is 2.41. The molecule has 128 valence electrons. The molecule has 0 aliphatic rings. The minimum absolute atomic E-state index is 0.458. The molecule has 2 N–H and O–H groups in total. The number of nitrogens with zero attached hydrogens (tertiary/aromatic N) is 1. The van der Waals surface area contributed by atoms with Crippen LogP contribution in [0.2, 0.25) is 15.1 Å². The van der Waals surface area contributed by atoms with Crippen LogP contribution in [0.5, 0.6) is 0 Å². The zero-order valence-electron chi connectivity index (χ0n) is 13.4. The largest absolute Gasteiger partial charge is 0.366 e. The first-order valence-corrected chi connectivity index (χ1v) is 8.70. The lowest BCUT2D eigenvalue weighted by Gasteiger charge is -2.13. The first-order chi connectivity index (χ1) is 11.9. The van der Waals surface area contributed by atoms with E-state index in [1.165, 1.54) is 0 Å². The van der Waals surface area contributed by atoms with Gasteiger partial charge in [-0.3, -0.25) is 4.79 Å². The lowest BCUT2D eigenvalue weighted by atomic mass is 10.1. The number of amides is 1. The van der Waals surface area contributed by atoms with E-state index in [0.717, 1.165) is 22.5 Å². The summed E-state index contributed by atoms with van der Waals surface area (Å²) < 4.78 is 2.03. The van der Waals surface area contributed by atoms with Crippen molar-refractivity contribution in [2.24, 2.45) is 5.73 Å². The Morgan fingerprint density at radius 3 is 2.28 bits per heavy atom. The maximum Gasteiger partial charge on any atom is 0.250 e. The summed E-state index contributed by atoms with van der Waals surface area (Å²) in [5.41, 5.74) is 9.61. The van der Waals surface area contributed by atoms with Crippen LogP contribution < -0.4 is 5.73 Å². The Bertz CT molecular complexity index is 946. The van der Waals surface area contributed by atoms with E-state index < -0.39 is 5.91 Å². The first kappa shape index (κ1) is 17.9. The van der Waals surface area contributed by atoms with Crippen molar-refractivity contribution >= 4 is 40.7 Å². The quantitative estimate of drug-likeness (QED) is 0.619. The van der Waals surface area contributed by atoms with E-state index in [1.807, 2.05) is 47.9 Å². The van der Waals surface area contributed by atoms with Crippen molar-refractivity contribution in [3.8, 4) is 11.3 Å². The number of rotatable bonds is 4. The fourth-order valence-electron chi connectivity index (χ4n) is 2.78. The van der Waals surface area contributed by atoms with Gasteiger partial charge in [0.2, 0.25) is 0 Å². The van der Waals surface area contributed by atoms with Crippen molar-refractivity contribution < 1.29 is 4.79 Å². The average Bonchev–Trinajstić information content (AvgIpc) is 2.89. The third-order valence-corrected chi connectivity index (χ3v) is 5.09. The van der Waals surface area contributed by atoms with Crippen LogP contribution in [0.3, 0.4) is 0 Å². The molecular formula is C19H15Cl3N2O. The average molecular weight is 394 g/mol. The van der Waals surface area contributed by atoms with Gasteiger partial charge in [0.05, 0.1) is 15.6 Å². The number of carbonyl (C=O) groups is 1. The van der Waals surface area contributed by atoms with Crippen molar-refractivity contribution in [1.29, 1.82) is 0 Å².